The number of hydrogen-bond donors (Lipinski definition) is 2. The molecule has 0 aliphatic rings. The SMILES string of the molecule is C=CCNc1cc(Nc2ccccc2OCC)nc(C)n1. The molecule has 1 heterocycles. The van der Waals surface area contributed by atoms with Gasteiger partial charge in [-0.05, 0) is 26.0 Å². The molecule has 5 nitrogen and oxygen atoms in total. The van der Waals surface area contributed by atoms with Crippen LogP contribution in [0.25, 0.3) is 0 Å². The van der Waals surface area contributed by atoms with Gasteiger partial charge in [0, 0.05) is 12.6 Å². The van der Waals surface area contributed by atoms with Crippen LogP contribution in [-0.4, -0.2) is 23.1 Å². The summed E-state index contributed by atoms with van der Waals surface area (Å²) in [7, 11) is 0. The van der Waals surface area contributed by atoms with Crippen molar-refractivity contribution in [3.63, 3.8) is 0 Å². The average Bonchev–Trinajstić information content (AvgIpc) is 2.47. The maximum atomic E-state index is 5.60. The van der Waals surface area contributed by atoms with Gasteiger partial charge in [0.2, 0.25) is 0 Å². The van der Waals surface area contributed by atoms with Crippen LogP contribution in [0.4, 0.5) is 17.3 Å². The molecule has 0 atom stereocenters. The van der Waals surface area contributed by atoms with Gasteiger partial charge in [-0.3, -0.25) is 0 Å². The van der Waals surface area contributed by atoms with Gasteiger partial charge in [-0.15, -0.1) is 6.58 Å². The zero-order chi connectivity index (χ0) is 15.1. The van der Waals surface area contributed by atoms with Crippen LogP contribution >= 0.6 is 0 Å². The van der Waals surface area contributed by atoms with Crippen molar-refractivity contribution >= 4 is 17.3 Å². The fourth-order valence-corrected chi connectivity index (χ4v) is 1.89. The molecule has 0 saturated carbocycles. The first-order valence-electron chi connectivity index (χ1n) is 6.92. The molecule has 21 heavy (non-hydrogen) atoms. The number of aromatic nitrogens is 2. The summed E-state index contributed by atoms with van der Waals surface area (Å²) in [6.07, 6.45) is 1.79. The number of anilines is 3. The van der Waals surface area contributed by atoms with E-state index in [2.05, 4.69) is 27.2 Å². The number of hydrogen-bond acceptors (Lipinski definition) is 5. The smallest absolute Gasteiger partial charge is 0.142 e. The lowest BCUT2D eigenvalue weighted by Crippen LogP contribution is -2.05. The van der Waals surface area contributed by atoms with Crippen molar-refractivity contribution in [2.45, 2.75) is 13.8 Å². The fourth-order valence-electron chi connectivity index (χ4n) is 1.89. The number of nitrogens with one attached hydrogen (secondary N) is 2. The number of nitrogens with zero attached hydrogens (tertiary/aromatic N) is 2. The van der Waals surface area contributed by atoms with Gasteiger partial charge < -0.3 is 15.4 Å². The number of ether oxygens (including phenoxy) is 1. The molecule has 0 saturated heterocycles. The van der Waals surface area contributed by atoms with Crippen molar-refractivity contribution in [3.8, 4) is 5.75 Å². The standard InChI is InChI=1S/C16H20N4O/c1-4-10-17-15-11-16(19-12(3)18-15)20-13-8-6-7-9-14(13)21-5-2/h4,6-9,11H,1,5,10H2,2-3H3,(H2,17,18,19,20). The normalized spacial score (nSPS) is 10.0. The average molecular weight is 284 g/mol. The fraction of sp³-hybridized carbons (Fsp3) is 0.250. The molecule has 0 fully saturated rings. The van der Waals surface area contributed by atoms with E-state index in [0.717, 1.165) is 23.1 Å². The molecule has 2 rings (SSSR count). The predicted molar refractivity (Wildman–Crippen MR) is 86.3 cm³/mol. The third kappa shape index (κ3) is 4.21. The molecular weight excluding hydrogens is 264 g/mol. The summed E-state index contributed by atoms with van der Waals surface area (Å²) in [5.41, 5.74) is 0.882. The van der Waals surface area contributed by atoms with E-state index in [9.17, 15) is 0 Å². The van der Waals surface area contributed by atoms with Crippen LogP contribution in [0.15, 0.2) is 43.0 Å². The van der Waals surface area contributed by atoms with E-state index in [4.69, 9.17) is 4.74 Å². The summed E-state index contributed by atoms with van der Waals surface area (Å²) in [5, 5.41) is 6.43. The summed E-state index contributed by atoms with van der Waals surface area (Å²) in [4.78, 5) is 8.73. The van der Waals surface area contributed by atoms with Crippen LogP contribution in [0.2, 0.25) is 0 Å². The molecule has 0 aliphatic heterocycles. The number of rotatable bonds is 7. The molecule has 110 valence electrons. The largest absolute Gasteiger partial charge is 0.492 e. The quantitative estimate of drug-likeness (QED) is 0.762. The second-order valence-electron chi connectivity index (χ2n) is 4.41. The van der Waals surface area contributed by atoms with Crippen molar-refractivity contribution < 1.29 is 4.74 Å². The third-order valence-corrected chi connectivity index (χ3v) is 2.72. The van der Waals surface area contributed by atoms with Gasteiger partial charge >= 0.3 is 0 Å². The summed E-state index contributed by atoms with van der Waals surface area (Å²) in [6.45, 7) is 8.78. The molecule has 0 bridgehead atoms. The molecular formula is C16H20N4O. The van der Waals surface area contributed by atoms with E-state index in [1.807, 2.05) is 44.2 Å². The Morgan fingerprint density at radius 3 is 2.76 bits per heavy atom. The summed E-state index contributed by atoms with van der Waals surface area (Å²) in [6, 6.07) is 9.64. The molecule has 0 radical (unpaired) electrons. The van der Waals surface area contributed by atoms with E-state index in [0.29, 0.717) is 19.0 Å². The van der Waals surface area contributed by atoms with E-state index in [1.54, 1.807) is 6.08 Å². The van der Waals surface area contributed by atoms with Gasteiger partial charge in [-0.1, -0.05) is 18.2 Å². The van der Waals surface area contributed by atoms with E-state index in [-0.39, 0.29) is 0 Å². The minimum Gasteiger partial charge on any atom is -0.492 e. The zero-order valence-electron chi connectivity index (χ0n) is 12.4. The molecule has 0 unspecified atom stereocenters. The highest BCUT2D eigenvalue weighted by Crippen LogP contribution is 2.27. The maximum Gasteiger partial charge on any atom is 0.142 e. The summed E-state index contributed by atoms with van der Waals surface area (Å²) >= 11 is 0. The summed E-state index contributed by atoms with van der Waals surface area (Å²) < 4.78 is 5.60. The highest BCUT2D eigenvalue weighted by Gasteiger charge is 2.06. The second-order valence-corrected chi connectivity index (χ2v) is 4.41. The Bertz CT molecular complexity index is 613. The van der Waals surface area contributed by atoms with Gasteiger partial charge in [0.1, 0.15) is 23.2 Å². The van der Waals surface area contributed by atoms with E-state index in [1.165, 1.54) is 0 Å². The van der Waals surface area contributed by atoms with Crippen LogP contribution in [0.1, 0.15) is 12.7 Å². The third-order valence-electron chi connectivity index (χ3n) is 2.72. The van der Waals surface area contributed by atoms with Gasteiger partial charge in [-0.25, -0.2) is 9.97 Å². The monoisotopic (exact) mass is 284 g/mol. The summed E-state index contributed by atoms with van der Waals surface area (Å²) in [5.74, 6) is 2.98. The van der Waals surface area contributed by atoms with Crippen molar-refractivity contribution in [2.24, 2.45) is 0 Å². The van der Waals surface area contributed by atoms with Crippen molar-refractivity contribution in [3.05, 3.63) is 48.8 Å². The molecule has 1 aromatic heterocycles. The first-order valence-corrected chi connectivity index (χ1v) is 6.92. The van der Waals surface area contributed by atoms with E-state index >= 15 is 0 Å². The minimum absolute atomic E-state index is 0.619. The lowest BCUT2D eigenvalue weighted by Gasteiger charge is -2.13. The number of para-hydroxylation sites is 2. The lowest BCUT2D eigenvalue weighted by molar-refractivity contribution is 0.342. The first-order chi connectivity index (χ1) is 10.2. The Hall–Kier alpha value is -2.56. The molecule has 0 amide bonds. The molecule has 2 N–H and O–H groups in total. The predicted octanol–water partition coefficient (Wildman–Crippen LogP) is 3.53. The van der Waals surface area contributed by atoms with Crippen molar-refractivity contribution in [2.75, 3.05) is 23.8 Å². The Kier molecular flexibility index (Phi) is 5.15. The molecule has 1 aromatic carbocycles. The van der Waals surface area contributed by atoms with Gasteiger partial charge in [0.25, 0.3) is 0 Å². The molecule has 0 aliphatic carbocycles. The topological polar surface area (TPSA) is 59.1 Å². The van der Waals surface area contributed by atoms with Gasteiger partial charge in [-0.2, -0.15) is 0 Å². The Balaban J connectivity index is 2.22. The first kappa shape index (κ1) is 14.8. The zero-order valence-corrected chi connectivity index (χ0v) is 12.4. The van der Waals surface area contributed by atoms with Crippen LogP contribution < -0.4 is 15.4 Å². The van der Waals surface area contributed by atoms with Crippen molar-refractivity contribution in [1.82, 2.24) is 9.97 Å². The highest BCUT2D eigenvalue weighted by atomic mass is 16.5. The van der Waals surface area contributed by atoms with Crippen LogP contribution in [0.5, 0.6) is 5.75 Å². The van der Waals surface area contributed by atoms with Gasteiger partial charge in [0.05, 0.1) is 12.3 Å². The highest BCUT2D eigenvalue weighted by molar-refractivity contribution is 5.65. The van der Waals surface area contributed by atoms with Crippen LogP contribution in [-0.2, 0) is 0 Å². The molecule has 0 spiro atoms. The number of benzene rings is 1. The van der Waals surface area contributed by atoms with E-state index < -0.39 is 0 Å². The van der Waals surface area contributed by atoms with Gasteiger partial charge in [0.15, 0.2) is 0 Å². The Morgan fingerprint density at radius 1 is 1.24 bits per heavy atom. The Labute approximate surface area is 125 Å². The Morgan fingerprint density at radius 2 is 2.00 bits per heavy atom. The lowest BCUT2D eigenvalue weighted by atomic mass is 10.3. The second kappa shape index (κ2) is 7.28. The van der Waals surface area contributed by atoms with Crippen molar-refractivity contribution in [1.29, 1.82) is 0 Å². The maximum absolute atomic E-state index is 5.60. The molecule has 2 aromatic rings. The minimum atomic E-state index is 0.619. The number of aryl methyl sites for hydroxylation is 1. The molecule has 5 heteroatoms. The van der Waals surface area contributed by atoms with Crippen LogP contribution in [0, 0.1) is 6.92 Å². The van der Waals surface area contributed by atoms with Crippen LogP contribution in [0.3, 0.4) is 0 Å².